The molecule has 0 aliphatic carbocycles. The van der Waals surface area contributed by atoms with Crippen LogP contribution in [0.15, 0.2) is 53.1 Å². The van der Waals surface area contributed by atoms with Crippen LogP contribution in [0.3, 0.4) is 0 Å². The summed E-state index contributed by atoms with van der Waals surface area (Å²) in [5.41, 5.74) is 2.92. The summed E-state index contributed by atoms with van der Waals surface area (Å²) in [6.07, 6.45) is 0.355. The maximum atomic E-state index is 13.0. The second-order valence-electron chi connectivity index (χ2n) is 6.63. The zero-order chi connectivity index (χ0) is 18.1. The minimum Gasteiger partial charge on any atom is -0.338 e. The van der Waals surface area contributed by atoms with Gasteiger partial charge in [-0.05, 0) is 36.8 Å². The van der Waals surface area contributed by atoms with E-state index in [0.29, 0.717) is 31.2 Å². The summed E-state index contributed by atoms with van der Waals surface area (Å²) in [4.78, 5) is 18.5. The molecule has 1 amide bonds. The van der Waals surface area contributed by atoms with Crippen molar-refractivity contribution in [1.82, 2.24) is 15.0 Å². The van der Waals surface area contributed by atoms with E-state index in [1.165, 1.54) is 12.1 Å². The van der Waals surface area contributed by atoms with E-state index in [9.17, 15) is 9.18 Å². The Morgan fingerprint density at radius 1 is 1.15 bits per heavy atom. The SMILES string of the molecule is Cc1ccc(-c2nc(C3CC(=O)N(Cc4ccc(F)cc4)C3)no2)cc1. The van der Waals surface area contributed by atoms with E-state index >= 15 is 0 Å². The second kappa shape index (κ2) is 6.71. The minimum absolute atomic E-state index is 0.0426. The highest BCUT2D eigenvalue weighted by atomic mass is 19.1. The lowest BCUT2D eigenvalue weighted by Gasteiger charge is -2.16. The van der Waals surface area contributed by atoms with Crippen LogP contribution in [0.25, 0.3) is 11.5 Å². The molecule has 1 aromatic heterocycles. The van der Waals surface area contributed by atoms with Gasteiger partial charge in [-0.15, -0.1) is 0 Å². The van der Waals surface area contributed by atoms with Crippen LogP contribution < -0.4 is 0 Å². The van der Waals surface area contributed by atoms with E-state index in [0.717, 1.165) is 16.7 Å². The van der Waals surface area contributed by atoms with Crippen molar-refractivity contribution in [3.63, 3.8) is 0 Å². The van der Waals surface area contributed by atoms with Crippen molar-refractivity contribution in [2.75, 3.05) is 6.54 Å². The van der Waals surface area contributed by atoms with Gasteiger partial charge in [0.15, 0.2) is 5.82 Å². The predicted octanol–water partition coefficient (Wildman–Crippen LogP) is 3.70. The second-order valence-corrected chi connectivity index (χ2v) is 6.63. The van der Waals surface area contributed by atoms with Gasteiger partial charge < -0.3 is 9.42 Å². The molecule has 5 nitrogen and oxygen atoms in total. The molecule has 4 rings (SSSR count). The average Bonchev–Trinajstić information content (AvgIpc) is 3.25. The van der Waals surface area contributed by atoms with Gasteiger partial charge in [0.2, 0.25) is 5.91 Å². The van der Waals surface area contributed by atoms with E-state index < -0.39 is 0 Å². The number of carbonyl (C=O) groups excluding carboxylic acids is 1. The summed E-state index contributed by atoms with van der Waals surface area (Å²) in [7, 11) is 0. The van der Waals surface area contributed by atoms with Gasteiger partial charge >= 0.3 is 0 Å². The van der Waals surface area contributed by atoms with Crippen LogP contribution in [-0.2, 0) is 11.3 Å². The van der Waals surface area contributed by atoms with E-state index in [4.69, 9.17) is 4.52 Å². The molecule has 2 heterocycles. The van der Waals surface area contributed by atoms with Crippen molar-refractivity contribution >= 4 is 5.91 Å². The predicted molar refractivity (Wildman–Crippen MR) is 93.6 cm³/mol. The van der Waals surface area contributed by atoms with Crippen molar-refractivity contribution in [2.24, 2.45) is 0 Å². The van der Waals surface area contributed by atoms with Crippen LogP contribution in [0.4, 0.5) is 4.39 Å². The highest BCUT2D eigenvalue weighted by Gasteiger charge is 2.33. The summed E-state index contributed by atoms with van der Waals surface area (Å²) in [6.45, 7) is 3.00. The lowest BCUT2D eigenvalue weighted by molar-refractivity contribution is -0.128. The first-order valence-corrected chi connectivity index (χ1v) is 8.51. The highest BCUT2D eigenvalue weighted by molar-refractivity contribution is 5.79. The molecule has 0 bridgehead atoms. The van der Waals surface area contributed by atoms with Gasteiger partial charge in [-0.3, -0.25) is 4.79 Å². The van der Waals surface area contributed by atoms with Crippen LogP contribution in [0.2, 0.25) is 0 Å². The van der Waals surface area contributed by atoms with Crippen LogP contribution in [-0.4, -0.2) is 27.5 Å². The molecule has 6 heteroatoms. The van der Waals surface area contributed by atoms with Crippen molar-refractivity contribution in [1.29, 1.82) is 0 Å². The van der Waals surface area contributed by atoms with Crippen LogP contribution in [0.5, 0.6) is 0 Å². The molecule has 2 aromatic carbocycles. The first-order valence-electron chi connectivity index (χ1n) is 8.51. The zero-order valence-corrected chi connectivity index (χ0v) is 14.4. The average molecular weight is 351 g/mol. The summed E-state index contributed by atoms with van der Waals surface area (Å²) in [5, 5.41) is 4.07. The number of likely N-dealkylation sites (tertiary alicyclic amines) is 1. The summed E-state index contributed by atoms with van der Waals surface area (Å²) in [6, 6.07) is 14.0. The number of benzene rings is 2. The van der Waals surface area contributed by atoms with E-state index in [1.807, 2.05) is 31.2 Å². The number of hydrogen-bond acceptors (Lipinski definition) is 4. The molecule has 1 fully saturated rings. The monoisotopic (exact) mass is 351 g/mol. The van der Waals surface area contributed by atoms with Gasteiger partial charge in [-0.2, -0.15) is 4.98 Å². The number of halogens is 1. The highest BCUT2D eigenvalue weighted by Crippen LogP contribution is 2.29. The standard InChI is InChI=1S/C20H18FN3O2/c1-13-2-6-15(7-3-13)20-22-19(23-26-20)16-10-18(25)24(12-16)11-14-4-8-17(21)9-5-14/h2-9,16H,10-12H2,1H3. The van der Waals surface area contributed by atoms with Gasteiger partial charge in [-0.1, -0.05) is 35.0 Å². The van der Waals surface area contributed by atoms with E-state index in [-0.39, 0.29) is 17.6 Å². The Hall–Kier alpha value is -3.02. The van der Waals surface area contributed by atoms with Crippen LogP contribution in [0.1, 0.15) is 29.3 Å². The van der Waals surface area contributed by atoms with Crippen molar-refractivity contribution in [3.05, 3.63) is 71.3 Å². The third-order valence-corrected chi connectivity index (χ3v) is 4.61. The third-order valence-electron chi connectivity index (χ3n) is 4.61. The van der Waals surface area contributed by atoms with E-state index in [2.05, 4.69) is 10.1 Å². The van der Waals surface area contributed by atoms with Crippen molar-refractivity contribution in [2.45, 2.75) is 25.8 Å². The largest absolute Gasteiger partial charge is 0.338 e. The lowest BCUT2D eigenvalue weighted by Crippen LogP contribution is -2.24. The molecule has 26 heavy (non-hydrogen) atoms. The summed E-state index contributed by atoms with van der Waals surface area (Å²) in [5.74, 6) is 0.682. The molecule has 1 unspecified atom stereocenters. The molecule has 1 aliphatic rings. The number of aryl methyl sites for hydroxylation is 1. The molecule has 1 aliphatic heterocycles. The van der Waals surface area contributed by atoms with Crippen molar-refractivity contribution < 1.29 is 13.7 Å². The number of aromatic nitrogens is 2. The van der Waals surface area contributed by atoms with Gasteiger partial charge in [0.25, 0.3) is 5.89 Å². The molecule has 0 saturated carbocycles. The maximum Gasteiger partial charge on any atom is 0.257 e. The van der Waals surface area contributed by atoms with Gasteiger partial charge in [0, 0.05) is 31.0 Å². The Balaban J connectivity index is 1.47. The summed E-state index contributed by atoms with van der Waals surface area (Å²) < 4.78 is 18.4. The summed E-state index contributed by atoms with van der Waals surface area (Å²) >= 11 is 0. The van der Waals surface area contributed by atoms with Gasteiger partial charge in [-0.25, -0.2) is 4.39 Å². The number of rotatable bonds is 4. The van der Waals surface area contributed by atoms with E-state index in [1.54, 1.807) is 17.0 Å². The van der Waals surface area contributed by atoms with Crippen molar-refractivity contribution in [3.8, 4) is 11.5 Å². The Bertz CT molecular complexity index is 919. The molecule has 132 valence electrons. The first-order chi connectivity index (χ1) is 12.6. The number of amides is 1. The van der Waals surface area contributed by atoms with Crippen LogP contribution in [0, 0.1) is 12.7 Å². The Kier molecular flexibility index (Phi) is 4.24. The smallest absolute Gasteiger partial charge is 0.257 e. The third kappa shape index (κ3) is 3.35. The molecule has 1 saturated heterocycles. The molecule has 3 aromatic rings. The Morgan fingerprint density at radius 2 is 1.88 bits per heavy atom. The molecular formula is C20H18FN3O2. The fourth-order valence-electron chi connectivity index (χ4n) is 3.12. The maximum absolute atomic E-state index is 13.0. The molecule has 0 N–H and O–H groups in total. The molecule has 1 atom stereocenters. The normalized spacial score (nSPS) is 17.1. The topological polar surface area (TPSA) is 59.2 Å². The fraction of sp³-hybridized carbons (Fsp3) is 0.250. The Labute approximate surface area is 150 Å². The fourth-order valence-corrected chi connectivity index (χ4v) is 3.12. The molecule has 0 spiro atoms. The first kappa shape index (κ1) is 16.4. The number of nitrogens with zero attached hydrogens (tertiary/aromatic N) is 3. The van der Waals surface area contributed by atoms with Crippen LogP contribution >= 0.6 is 0 Å². The quantitative estimate of drug-likeness (QED) is 0.719. The molecule has 0 radical (unpaired) electrons. The van der Waals surface area contributed by atoms with Gasteiger partial charge in [0.05, 0.1) is 0 Å². The Morgan fingerprint density at radius 3 is 2.62 bits per heavy atom. The minimum atomic E-state index is -0.283. The number of carbonyl (C=O) groups is 1. The zero-order valence-electron chi connectivity index (χ0n) is 14.4. The molecular weight excluding hydrogens is 333 g/mol. The van der Waals surface area contributed by atoms with Gasteiger partial charge in [0.1, 0.15) is 5.82 Å². The lowest BCUT2D eigenvalue weighted by atomic mass is 10.1. The number of hydrogen-bond donors (Lipinski definition) is 0.